The van der Waals surface area contributed by atoms with E-state index in [1.54, 1.807) is 29.7 Å². The predicted molar refractivity (Wildman–Crippen MR) is 106 cm³/mol. The minimum atomic E-state index is -3.74. The number of carbonyl (C=O) groups is 1. The highest BCUT2D eigenvalue weighted by Gasteiger charge is 2.40. The second kappa shape index (κ2) is 6.43. The molecule has 1 aromatic carbocycles. The Morgan fingerprint density at radius 2 is 1.97 bits per heavy atom. The summed E-state index contributed by atoms with van der Waals surface area (Å²) < 4.78 is 35.7. The van der Waals surface area contributed by atoms with Gasteiger partial charge in [0.2, 0.25) is 10.0 Å². The lowest BCUT2D eigenvalue weighted by Crippen LogP contribution is -2.49. The molecule has 29 heavy (non-hydrogen) atoms. The van der Waals surface area contributed by atoms with Gasteiger partial charge >= 0.3 is 0 Å². The zero-order chi connectivity index (χ0) is 20.3. The van der Waals surface area contributed by atoms with Crippen LogP contribution in [0.4, 0.5) is 5.69 Å². The van der Waals surface area contributed by atoms with Crippen molar-refractivity contribution in [3.05, 3.63) is 51.9 Å². The van der Waals surface area contributed by atoms with Gasteiger partial charge in [-0.3, -0.25) is 9.59 Å². The van der Waals surface area contributed by atoms with E-state index in [4.69, 9.17) is 4.74 Å². The molecule has 0 unspecified atom stereocenters. The molecular weight excluding hydrogens is 394 g/mol. The van der Waals surface area contributed by atoms with Gasteiger partial charge in [-0.05, 0) is 37.0 Å². The van der Waals surface area contributed by atoms with Gasteiger partial charge in [-0.25, -0.2) is 8.42 Å². The number of nitrogens with one attached hydrogen (secondary N) is 1. The smallest absolute Gasteiger partial charge is 0.262 e. The zero-order valence-corrected chi connectivity index (χ0v) is 16.7. The van der Waals surface area contributed by atoms with Gasteiger partial charge in [-0.1, -0.05) is 6.07 Å². The number of piperidine rings is 1. The summed E-state index contributed by atoms with van der Waals surface area (Å²) in [6.07, 6.45) is 0.883. The molecule has 8 nitrogen and oxygen atoms in total. The van der Waals surface area contributed by atoms with E-state index in [9.17, 15) is 18.0 Å². The molecule has 2 atom stereocenters. The third kappa shape index (κ3) is 2.96. The first-order valence-electron chi connectivity index (χ1n) is 9.60. The van der Waals surface area contributed by atoms with Crippen molar-refractivity contribution >= 4 is 21.6 Å². The second-order valence-corrected chi connectivity index (χ2v) is 9.88. The Bertz CT molecular complexity index is 1190. The number of rotatable bonds is 2. The largest absolute Gasteiger partial charge is 0.482 e. The van der Waals surface area contributed by atoms with Crippen LogP contribution >= 0.6 is 0 Å². The van der Waals surface area contributed by atoms with Crippen LogP contribution in [0.25, 0.3) is 0 Å². The summed E-state index contributed by atoms with van der Waals surface area (Å²) in [5, 5.41) is 2.70. The van der Waals surface area contributed by atoms with E-state index in [0.717, 1.165) is 12.1 Å². The van der Waals surface area contributed by atoms with Crippen molar-refractivity contribution in [2.45, 2.75) is 30.7 Å². The minimum Gasteiger partial charge on any atom is -0.482 e. The van der Waals surface area contributed by atoms with Crippen LogP contribution in [0.5, 0.6) is 5.75 Å². The van der Waals surface area contributed by atoms with Gasteiger partial charge in [0.05, 0.1) is 10.6 Å². The van der Waals surface area contributed by atoms with Crippen molar-refractivity contribution in [2.24, 2.45) is 5.92 Å². The van der Waals surface area contributed by atoms with Crippen molar-refractivity contribution < 1.29 is 17.9 Å². The topological polar surface area (TPSA) is 97.7 Å². The van der Waals surface area contributed by atoms with Crippen LogP contribution < -0.4 is 15.6 Å². The number of pyridine rings is 1. The van der Waals surface area contributed by atoms with Crippen molar-refractivity contribution in [3.8, 4) is 5.75 Å². The molecule has 0 aliphatic carbocycles. The summed E-state index contributed by atoms with van der Waals surface area (Å²) in [5.41, 5.74) is 1.92. The molecule has 1 amide bonds. The first-order valence-corrected chi connectivity index (χ1v) is 11.0. The summed E-state index contributed by atoms with van der Waals surface area (Å²) in [6.45, 7) is 2.85. The first kappa shape index (κ1) is 18.4. The van der Waals surface area contributed by atoms with Gasteiger partial charge in [0.1, 0.15) is 5.75 Å². The van der Waals surface area contributed by atoms with Gasteiger partial charge in [-0.15, -0.1) is 0 Å². The summed E-state index contributed by atoms with van der Waals surface area (Å²) in [4.78, 5) is 23.9. The maximum Gasteiger partial charge on any atom is 0.262 e. The SMILES string of the molecule is Cc1cc2c(cc1S(=O)(=O)N1C[C@H]3C[C@@H](C1)c1cccc(=O)n1C3)OCC(=O)N2. The number of aryl methyl sites for hydroxylation is 1. The molecule has 1 saturated heterocycles. The number of fused-ring (bicyclic) bond motifs is 5. The van der Waals surface area contributed by atoms with Crippen LogP contribution in [0.3, 0.4) is 0 Å². The number of ether oxygens (including phenoxy) is 1. The maximum absolute atomic E-state index is 13.5. The van der Waals surface area contributed by atoms with E-state index in [1.165, 1.54) is 10.4 Å². The fourth-order valence-corrected chi connectivity index (χ4v) is 6.47. The molecule has 0 saturated carbocycles. The summed E-state index contributed by atoms with van der Waals surface area (Å²) >= 11 is 0. The molecule has 4 heterocycles. The fraction of sp³-hybridized carbons (Fsp3) is 0.400. The van der Waals surface area contributed by atoms with E-state index >= 15 is 0 Å². The highest BCUT2D eigenvalue weighted by molar-refractivity contribution is 7.89. The van der Waals surface area contributed by atoms with Crippen molar-refractivity contribution in [3.63, 3.8) is 0 Å². The molecule has 3 aliphatic rings. The zero-order valence-electron chi connectivity index (χ0n) is 15.9. The molecular formula is C20H21N3O5S. The Kier molecular flexibility index (Phi) is 4.08. The monoisotopic (exact) mass is 415 g/mol. The lowest BCUT2D eigenvalue weighted by Gasteiger charge is -2.42. The molecule has 0 radical (unpaired) electrons. The molecule has 2 aromatic rings. The molecule has 3 aliphatic heterocycles. The summed E-state index contributed by atoms with van der Waals surface area (Å²) in [7, 11) is -3.74. The second-order valence-electron chi connectivity index (χ2n) is 7.97. The van der Waals surface area contributed by atoms with Crippen molar-refractivity contribution in [1.82, 2.24) is 8.87 Å². The van der Waals surface area contributed by atoms with Gasteiger partial charge < -0.3 is 14.6 Å². The number of sulfonamides is 1. The number of amides is 1. The first-order chi connectivity index (χ1) is 13.8. The number of nitrogens with zero attached hydrogens (tertiary/aromatic N) is 2. The molecule has 2 bridgehead atoms. The fourth-order valence-electron chi connectivity index (χ4n) is 4.68. The Balaban J connectivity index is 1.51. The number of carbonyl (C=O) groups excluding carboxylic acids is 1. The number of aromatic nitrogens is 1. The van der Waals surface area contributed by atoms with Crippen molar-refractivity contribution in [1.29, 1.82) is 0 Å². The normalized spacial score (nSPS) is 23.6. The Morgan fingerprint density at radius 1 is 1.14 bits per heavy atom. The average molecular weight is 415 g/mol. The highest BCUT2D eigenvalue weighted by Crippen LogP contribution is 2.39. The molecule has 1 aromatic heterocycles. The average Bonchev–Trinajstić information content (AvgIpc) is 2.68. The molecule has 5 rings (SSSR count). The Morgan fingerprint density at radius 3 is 2.79 bits per heavy atom. The highest BCUT2D eigenvalue weighted by atomic mass is 32.2. The van der Waals surface area contributed by atoms with Gasteiger partial charge in [0.25, 0.3) is 11.5 Å². The predicted octanol–water partition coefficient (Wildman–Crippen LogP) is 1.30. The number of anilines is 1. The standard InChI is InChI=1S/C20H21N3O5S/c1-12-5-15-17(28-11-19(24)21-15)7-18(12)29(26,27)22-8-13-6-14(10-22)16-3-2-4-20(25)23(16)9-13/h2-5,7,13-14H,6,8-11H2,1H3,(H,21,24)/t13-,14+/m1/s1. The van der Waals surface area contributed by atoms with Crippen LogP contribution in [0.2, 0.25) is 0 Å². The van der Waals surface area contributed by atoms with E-state index < -0.39 is 10.0 Å². The van der Waals surface area contributed by atoms with Crippen LogP contribution in [0, 0.1) is 12.8 Å². The lowest BCUT2D eigenvalue weighted by molar-refractivity contribution is -0.118. The lowest BCUT2D eigenvalue weighted by atomic mass is 9.84. The van der Waals surface area contributed by atoms with E-state index in [1.807, 2.05) is 6.07 Å². The Labute approximate surface area is 168 Å². The number of benzene rings is 1. The van der Waals surface area contributed by atoms with Gasteiger partial charge in [0, 0.05) is 43.4 Å². The van der Waals surface area contributed by atoms with Crippen molar-refractivity contribution in [2.75, 3.05) is 25.0 Å². The van der Waals surface area contributed by atoms with Crippen LogP contribution in [-0.2, 0) is 21.4 Å². The third-order valence-electron chi connectivity index (χ3n) is 5.97. The maximum atomic E-state index is 13.5. The van der Waals surface area contributed by atoms with Crippen LogP contribution in [-0.4, -0.2) is 42.9 Å². The summed E-state index contributed by atoms with van der Waals surface area (Å²) in [6, 6.07) is 8.34. The van der Waals surface area contributed by atoms with E-state index in [2.05, 4.69) is 5.32 Å². The summed E-state index contributed by atoms with van der Waals surface area (Å²) in [5.74, 6) is 0.206. The molecule has 1 N–H and O–H groups in total. The minimum absolute atomic E-state index is 0.000327. The van der Waals surface area contributed by atoms with Gasteiger partial charge in [-0.2, -0.15) is 4.31 Å². The Hall–Kier alpha value is -2.65. The molecule has 0 spiro atoms. The molecule has 1 fully saturated rings. The number of hydrogen-bond donors (Lipinski definition) is 1. The van der Waals surface area contributed by atoms with Gasteiger partial charge in [0.15, 0.2) is 6.61 Å². The van der Waals surface area contributed by atoms with Crippen LogP contribution in [0.15, 0.2) is 40.0 Å². The quantitative estimate of drug-likeness (QED) is 0.797. The molecule has 9 heteroatoms. The number of hydrogen-bond acceptors (Lipinski definition) is 5. The van der Waals surface area contributed by atoms with Crippen LogP contribution in [0.1, 0.15) is 23.6 Å². The molecule has 152 valence electrons. The third-order valence-corrected chi connectivity index (χ3v) is 7.95. The van der Waals surface area contributed by atoms with E-state index in [0.29, 0.717) is 36.6 Å². The van der Waals surface area contributed by atoms with E-state index in [-0.39, 0.29) is 34.8 Å².